The number of ether oxygens (including phenoxy) is 1. The second-order valence-electron chi connectivity index (χ2n) is 10.4. The monoisotopic (exact) mass is 486 g/mol. The van der Waals surface area contributed by atoms with Gasteiger partial charge in [-0.05, 0) is 60.2 Å². The molecule has 4 aromatic rings. The van der Waals surface area contributed by atoms with Gasteiger partial charge in [0.15, 0.2) is 5.82 Å². The van der Waals surface area contributed by atoms with Gasteiger partial charge in [-0.15, -0.1) is 0 Å². The molecule has 7 rings (SSSR count). The van der Waals surface area contributed by atoms with Gasteiger partial charge in [-0.1, -0.05) is 30.3 Å². The Morgan fingerprint density at radius 1 is 1.00 bits per heavy atom. The number of hydrogen-bond acceptors (Lipinski definition) is 7. The quantitative estimate of drug-likeness (QED) is 0.391. The zero-order valence-electron chi connectivity index (χ0n) is 19.7. The van der Waals surface area contributed by atoms with Crippen LogP contribution in [0.15, 0.2) is 48.5 Å². The molecule has 3 fully saturated rings. The molecule has 3 aliphatic rings. The maximum absolute atomic E-state index is 16.3. The van der Waals surface area contributed by atoms with E-state index in [2.05, 4.69) is 15.2 Å². The molecule has 8 heteroatoms. The number of nitrogens with one attached hydrogen (secondary N) is 1. The molecule has 2 bridgehead atoms. The fourth-order valence-electron chi connectivity index (χ4n) is 5.61. The number of rotatable bonds is 5. The summed E-state index contributed by atoms with van der Waals surface area (Å²) in [6.45, 7) is 1.66. The van der Waals surface area contributed by atoms with Crippen LogP contribution in [-0.4, -0.2) is 57.6 Å². The van der Waals surface area contributed by atoms with E-state index in [1.54, 1.807) is 18.2 Å². The first-order chi connectivity index (χ1) is 17.5. The molecule has 1 aromatic heterocycles. The fourth-order valence-corrected chi connectivity index (χ4v) is 5.61. The van der Waals surface area contributed by atoms with Crippen LogP contribution in [0.1, 0.15) is 25.7 Å². The Morgan fingerprint density at radius 3 is 2.56 bits per heavy atom. The summed E-state index contributed by atoms with van der Waals surface area (Å²) in [7, 11) is 0. The Labute approximate surface area is 207 Å². The largest absolute Gasteiger partial charge is 0.508 e. The van der Waals surface area contributed by atoms with Gasteiger partial charge in [-0.2, -0.15) is 9.97 Å². The molecular formula is C28H27FN4O3. The highest BCUT2D eigenvalue weighted by Gasteiger charge is 2.41. The van der Waals surface area contributed by atoms with Crippen molar-refractivity contribution >= 4 is 27.5 Å². The molecule has 0 unspecified atom stereocenters. The third-order valence-electron chi connectivity index (χ3n) is 7.72. The zero-order chi connectivity index (χ0) is 24.4. The van der Waals surface area contributed by atoms with Crippen molar-refractivity contribution in [3.63, 3.8) is 0 Å². The van der Waals surface area contributed by atoms with Gasteiger partial charge >= 0.3 is 6.01 Å². The minimum absolute atomic E-state index is 0.0699. The fraction of sp³-hybridized carbons (Fsp3) is 0.357. The van der Waals surface area contributed by atoms with Gasteiger partial charge in [-0.25, -0.2) is 4.39 Å². The number of halogens is 1. The predicted molar refractivity (Wildman–Crippen MR) is 136 cm³/mol. The summed E-state index contributed by atoms with van der Waals surface area (Å²) in [6, 6.07) is 15.3. The van der Waals surface area contributed by atoms with Crippen LogP contribution in [0.2, 0.25) is 0 Å². The zero-order valence-corrected chi connectivity index (χ0v) is 19.7. The van der Waals surface area contributed by atoms with Crippen LogP contribution in [-0.2, 0) is 0 Å². The Balaban J connectivity index is 1.39. The SMILES string of the molecule is Oc1cc(-c2ccc3c(N4C[C@H]5CC[C@@H](C4)N5)nc(OCC4(O)CC4)nc3c2F)c2ccccc2c1. The van der Waals surface area contributed by atoms with Gasteiger partial charge < -0.3 is 25.2 Å². The summed E-state index contributed by atoms with van der Waals surface area (Å²) >= 11 is 0. The van der Waals surface area contributed by atoms with Crippen molar-refractivity contribution in [3.8, 4) is 22.9 Å². The van der Waals surface area contributed by atoms with E-state index in [0.717, 1.165) is 36.7 Å². The summed E-state index contributed by atoms with van der Waals surface area (Å²) < 4.78 is 22.1. The van der Waals surface area contributed by atoms with Gasteiger partial charge in [-0.3, -0.25) is 0 Å². The van der Waals surface area contributed by atoms with E-state index < -0.39 is 11.4 Å². The molecule has 36 heavy (non-hydrogen) atoms. The van der Waals surface area contributed by atoms with Crippen LogP contribution in [0.4, 0.5) is 10.2 Å². The number of benzene rings is 3. The molecule has 3 aromatic carbocycles. The van der Waals surface area contributed by atoms with E-state index in [1.807, 2.05) is 30.3 Å². The maximum atomic E-state index is 16.3. The molecule has 3 N–H and O–H groups in total. The molecule has 1 aliphatic carbocycles. The first kappa shape index (κ1) is 21.8. The molecule has 184 valence electrons. The Morgan fingerprint density at radius 2 is 1.78 bits per heavy atom. The Bertz CT molecular complexity index is 1490. The minimum Gasteiger partial charge on any atom is -0.508 e. The Kier molecular flexibility index (Phi) is 4.84. The second kappa shape index (κ2) is 8.01. The van der Waals surface area contributed by atoms with Crippen molar-refractivity contribution in [2.75, 3.05) is 24.6 Å². The highest BCUT2D eigenvalue weighted by Crippen LogP contribution is 2.39. The van der Waals surface area contributed by atoms with Gasteiger partial charge in [0.05, 0.1) is 5.60 Å². The molecule has 0 radical (unpaired) electrons. The first-order valence-electron chi connectivity index (χ1n) is 12.5. The smallest absolute Gasteiger partial charge is 0.319 e. The molecular weight excluding hydrogens is 459 g/mol. The molecule has 2 atom stereocenters. The van der Waals surface area contributed by atoms with Crippen molar-refractivity contribution in [2.45, 2.75) is 43.4 Å². The standard InChI is InChI=1S/C28H27FN4O3/c29-24-21(23-12-19(34)11-16-3-1-2-4-20(16)23)7-8-22-25(24)31-27(36-15-28(35)9-10-28)32-26(22)33-13-17-5-6-18(14-33)30-17/h1-4,7-8,11-12,17-18,30,34-35H,5-6,9-10,13-15H2/t17-,18+. The number of fused-ring (bicyclic) bond motifs is 4. The van der Waals surface area contributed by atoms with E-state index in [9.17, 15) is 10.2 Å². The van der Waals surface area contributed by atoms with E-state index >= 15 is 4.39 Å². The number of nitrogens with zero attached hydrogens (tertiary/aromatic N) is 3. The third kappa shape index (κ3) is 3.72. The third-order valence-corrected chi connectivity index (χ3v) is 7.72. The van der Waals surface area contributed by atoms with Gasteiger partial charge in [0, 0.05) is 36.1 Å². The van der Waals surface area contributed by atoms with Crippen molar-refractivity contribution < 1.29 is 19.3 Å². The number of hydrogen-bond donors (Lipinski definition) is 3. The summed E-state index contributed by atoms with van der Waals surface area (Å²) in [5.74, 6) is 0.243. The molecule has 0 amide bonds. The van der Waals surface area contributed by atoms with Crippen molar-refractivity contribution in [1.82, 2.24) is 15.3 Å². The number of phenols is 1. The minimum atomic E-state index is -0.840. The lowest BCUT2D eigenvalue weighted by Gasteiger charge is -2.34. The van der Waals surface area contributed by atoms with Crippen LogP contribution in [0.3, 0.4) is 0 Å². The maximum Gasteiger partial charge on any atom is 0.319 e. The molecule has 2 aliphatic heterocycles. The molecule has 0 spiro atoms. The lowest BCUT2D eigenvalue weighted by Crippen LogP contribution is -2.51. The summed E-state index contributed by atoms with van der Waals surface area (Å²) in [6.07, 6.45) is 3.59. The van der Waals surface area contributed by atoms with Crippen LogP contribution in [0.5, 0.6) is 11.8 Å². The van der Waals surface area contributed by atoms with Crippen LogP contribution in [0.25, 0.3) is 32.8 Å². The molecule has 3 heterocycles. The first-order valence-corrected chi connectivity index (χ1v) is 12.5. The van der Waals surface area contributed by atoms with Crippen molar-refractivity contribution in [3.05, 3.63) is 54.3 Å². The lowest BCUT2D eigenvalue weighted by molar-refractivity contribution is 0.0810. The van der Waals surface area contributed by atoms with Gasteiger partial charge in [0.25, 0.3) is 0 Å². The summed E-state index contributed by atoms with van der Waals surface area (Å²) in [5, 5.41) is 26.5. The second-order valence-corrected chi connectivity index (χ2v) is 10.4. The summed E-state index contributed by atoms with van der Waals surface area (Å²) in [5.41, 5.74) is 0.285. The summed E-state index contributed by atoms with van der Waals surface area (Å²) in [4.78, 5) is 11.4. The number of anilines is 1. The highest BCUT2D eigenvalue weighted by atomic mass is 19.1. The number of piperazine rings is 1. The predicted octanol–water partition coefficient (Wildman–Crippen LogP) is 4.14. The van der Waals surface area contributed by atoms with E-state index in [0.29, 0.717) is 47.3 Å². The average Bonchev–Trinajstić information content (AvgIpc) is 3.53. The number of phenolic OH excluding ortho intramolecular Hbond substituents is 1. The van der Waals surface area contributed by atoms with Gasteiger partial charge in [0.2, 0.25) is 0 Å². The lowest BCUT2D eigenvalue weighted by atomic mass is 9.96. The van der Waals surface area contributed by atoms with Crippen molar-refractivity contribution in [2.24, 2.45) is 0 Å². The number of aliphatic hydroxyl groups is 1. The van der Waals surface area contributed by atoms with E-state index in [-0.39, 0.29) is 23.9 Å². The Hall–Kier alpha value is -3.49. The molecule has 7 nitrogen and oxygen atoms in total. The average molecular weight is 487 g/mol. The normalized spacial score (nSPS) is 22.3. The van der Waals surface area contributed by atoms with Crippen molar-refractivity contribution in [1.29, 1.82) is 0 Å². The molecule has 2 saturated heterocycles. The van der Waals surface area contributed by atoms with Gasteiger partial charge in [0.1, 0.15) is 23.7 Å². The van der Waals surface area contributed by atoms with Crippen LogP contribution >= 0.6 is 0 Å². The van der Waals surface area contributed by atoms with E-state index in [4.69, 9.17) is 9.72 Å². The molecule has 1 saturated carbocycles. The topological polar surface area (TPSA) is 90.7 Å². The van der Waals surface area contributed by atoms with Crippen LogP contribution < -0.4 is 15.0 Å². The number of aromatic nitrogens is 2. The van der Waals surface area contributed by atoms with Crippen LogP contribution in [0, 0.1) is 5.82 Å². The highest BCUT2D eigenvalue weighted by molar-refractivity contribution is 6.01. The number of aromatic hydroxyl groups is 1. The van der Waals surface area contributed by atoms with E-state index in [1.165, 1.54) is 0 Å².